The molecule has 1 fully saturated rings. The molecule has 0 nitrogen and oxygen atoms in total. The van der Waals surface area contributed by atoms with Gasteiger partial charge in [0.1, 0.15) is 5.82 Å². The van der Waals surface area contributed by atoms with Gasteiger partial charge in [0.25, 0.3) is 0 Å². The second kappa shape index (κ2) is 16.5. The molecule has 0 unspecified atom stereocenters. The number of unbranched alkanes of at least 4 members (excludes halogenated alkanes) is 1. The maximum Gasteiger partial charge on any atom is 0.126 e. The van der Waals surface area contributed by atoms with E-state index in [0.717, 1.165) is 55.6 Å². The van der Waals surface area contributed by atoms with E-state index in [0.29, 0.717) is 5.92 Å². The lowest BCUT2D eigenvalue weighted by molar-refractivity contribution is 0.289. The van der Waals surface area contributed by atoms with E-state index < -0.39 is 0 Å². The Morgan fingerprint density at radius 1 is 1.09 bits per heavy atom. The van der Waals surface area contributed by atoms with Gasteiger partial charge in [-0.2, -0.15) is 0 Å². The molecule has 1 aliphatic rings. The zero-order chi connectivity index (χ0) is 24.6. The first-order chi connectivity index (χ1) is 16.6. The molecule has 0 saturated heterocycles. The highest BCUT2D eigenvalue weighted by Crippen LogP contribution is 2.35. The Labute approximate surface area is 209 Å². The molecule has 0 spiro atoms. The van der Waals surface area contributed by atoms with E-state index in [1.165, 1.54) is 49.7 Å². The normalized spacial score (nSPS) is 19.9. The van der Waals surface area contributed by atoms with Crippen LogP contribution in [0.2, 0.25) is 0 Å². The number of hydrogen-bond donors (Lipinski definition) is 0. The lowest BCUT2D eigenvalue weighted by atomic mass is 9.77. The fraction of sp³-hybridized carbons (Fsp3) is 0.515. The van der Waals surface area contributed by atoms with Crippen molar-refractivity contribution >= 4 is 0 Å². The summed E-state index contributed by atoms with van der Waals surface area (Å²) in [7, 11) is 0. The molecular formula is C33H47F. The minimum atomic E-state index is -0.0513. The van der Waals surface area contributed by atoms with Crippen LogP contribution in [0.1, 0.15) is 96.1 Å². The second-order valence-electron chi connectivity index (χ2n) is 9.82. The number of allylic oxidation sites excluding steroid dienone is 9. The third-order valence-corrected chi connectivity index (χ3v) is 7.12. The van der Waals surface area contributed by atoms with Gasteiger partial charge in [-0.15, -0.1) is 0 Å². The zero-order valence-corrected chi connectivity index (χ0v) is 22.0. The van der Waals surface area contributed by atoms with Crippen molar-refractivity contribution in [3.63, 3.8) is 0 Å². The maximum atomic E-state index is 14.7. The van der Waals surface area contributed by atoms with Crippen LogP contribution in [-0.4, -0.2) is 0 Å². The monoisotopic (exact) mass is 462 g/mol. The van der Waals surface area contributed by atoms with E-state index in [-0.39, 0.29) is 5.82 Å². The molecule has 1 aliphatic carbocycles. The van der Waals surface area contributed by atoms with Crippen LogP contribution in [0.5, 0.6) is 0 Å². The molecular weight excluding hydrogens is 415 g/mol. The molecule has 0 atom stereocenters. The lowest BCUT2D eigenvalue weighted by Gasteiger charge is -2.29. The molecule has 1 heteroatoms. The quantitative estimate of drug-likeness (QED) is 0.190. The Kier molecular flexibility index (Phi) is 13.6. The Bertz CT molecular complexity index is 843. The van der Waals surface area contributed by atoms with Crippen molar-refractivity contribution in [1.82, 2.24) is 0 Å². The SMILES string of the molecule is C=C/C=C(\C=C/CCCc1ccc(CCC(/C=C\C)=C/CC)cc1F)C1CCC(CCC)CC1. The first-order valence-corrected chi connectivity index (χ1v) is 13.7. The number of hydrogen-bond acceptors (Lipinski definition) is 0. The molecule has 34 heavy (non-hydrogen) atoms. The maximum absolute atomic E-state index is 14.7. The predicted molar refractivity (Wildman–Crippen MR) is 149 cm³/mol. The van der Waals surface area contributed by atoms with E-state index in [9.17, 15) is 4.39 Å². The molecule has 0 aliphatic heterocycles. The van der Waals surface area contributed by atoms with E-state index in [1.807, 2.05) is 19.1 Å². The number of halogens is 1. The van der Waals surface area contributed by atoms with Gasteiger partial charge < -0.3 is 0 Å². The summed E-state index contributed by atoms with van der Waals surface area (Å²) in [5.41, 5.74) is 4.68. The van der Waals surface area contributed by atoms with E-state index in [1.54, 1.807) is 6.07 Å². The number of aryl methyl sites for hydroxylation is 2. The van der Waals surface area contributed by atoms with Crippen LogP contribution in [0, 0.1) is 17.7 Å². The molecule has 0 radical (unpaired) electrons. The standard InChI is InChI=1S/C33H47F/c1-5-12-27(13-6-2)18-19-29-22-25-32(33(34)26-29)17-11-9-10-16-30(15-8-4)31-23-20-28(14-7-3)21-24-31/h5,8,10,12-13,15-16,22,25-26,28,31H,4,6-7,9,11,14,17-21,23-24H2,1-3H3/b12-5-,16-10-,27-13+,30-15+. The van der Waals surface area contributed by atoms with Gasteiger partial charge in [-0.05, 0) is 106 Å². The van der Waals surface area contributed by atoms with Gasteiger partial charge >= 0.3 is 0 Å². The summed E-state index contributed by atoms with van der Waals surface area (Å²) in [5, 5.41) is 0. The van der Waals surface area contributed by atoms with Crippen molar-refractivity contribution in [3.8, 4) is 0 Å². The fourth-order valence-electron chi connectivity index (χ4n) is 5.25. The Balaban J connectivity index is 1.81. The molecule has 186 valence electrons. The van der Waals surface area contributed by atoms with Crippen LogP contribution >= 0.6 is 0 Å². The highest BCUT2D eigenvalue weighted by atomic mass is 19.1. The average molecular weight is 463 g/mol. The molecule has 0 bridgehead atoms. The van der Waals surface area contributed by atoms with Crippen molar-refractivity contribution in [1.29, 1.82) is 0 Å². The Morgan fingerprint density at radius 3 is 2.53 bits per heavy atom. The summed E-state index contributed by atoms with van der Waals surface area (Å²) in [4.78, 5) is 0. The molecule has 1 aromatic carbocycles. The van der Waals surface area contributed by atoms with Crippen molar-refractivity contribution in [2.45, 2.75) is 97.8 Å². The van der Waals surface area contributed by atoms with Crippen molar-refractivity contribution in [2.24, 2.45) is 11.8 Å². The summed E-state index contributed by atoms with van der Waals surface area (Å²) in [6.45, 7) is 10.4. The van der Waals surface area contributed by atoms with Gasteiger partial charge in [-0.3, -0.25) is 0 Å². The third kappa shape index (κ3) is 10.00. The van der Waals surface area contributed by atoms with Gasteiger partial charge in [-0.1, -0.05) is 93.5 Å². The minimum Gasteiger partial charge on any atom is -0.207 e. The average Bonchev–Trinajstić information content (AvgIpc) is 2.84. The third-order valence-electron chi connectivity index (χ3n) is 7.12. The largest absolute Gasteiger partial charge is 0.207 e. The van der Waals surface area contributed by atoms with Gasteiger partial charge in [0.15, 0.2) is 0 Å². The van der Waals surface area contributed by atoms with E-state index >= 15 is 0 Å². The summed E-state index contributed by atoms with van der Waals surface area (Å²) < 4.78 is 14.7. The Hall–Kier alpha value is -2.15. The first-order valence-electron chi connectivity index (χ1n) is 13.7. The molecule has 0 amide bonds. The van der Waals surface area contributed by atoms with Gasteiger partial charge in [0.2, 0.25) is 0 Å². The topological polar surface area (TPSA) is 0 Å². The van der Waals surface area contributed by atoms with Crippen LogP contribution in [-0.2, 0) is 12.8 Å². The fourth-order valence-corrected chi connectivity index (χ4v) is 5.25. The summed E-state index contributed by atoms with van der Waals surface area (Å²) >= 11 is 0. The Morgan fingerprint density at radius 2 is 1.88 bits per heavy atom. The highest BCUT2D eigenvalue weighted by molar-refractivity contribution is 5.28. The van der Waals surface area contributed by atoms with Crippen LogP contribution in [0.4, 0.5) is 4.39 Å². The van der Waals surface area contributed by atoms with E-state index in [4.69, 9.17) is 0 Å². The smallest absolute Gasteiger partial charge is 0.126 e. The number of rotatable bonds is 14. The van der Waals surface area contributed by atoms with Crippen LogP contribution in [0.3, 0.4) is 0 Å². The van der Waals surface area contributed by atoms with Crippen LogP contribution in [0.15, 0.2) is 78.5 Å². The summed E-state index contributed by atoms with van der Waals surface area (Å²) in [6, 6.07) is 5.84. The molecule has 1 aromatic rings. The van der Waals surface area contributed by atoms with Gasteiger partial charge in [0.05, 0.1) is 0 Å². The van der Waals surface area contributed by atoms with Crippen LogP contribution in [0.25, 0.3) is 0 Å². The molecule has 2 rings (SSSR count). The first kappa shape index (κ1) is 28.1. The predicted octanol–water partition coefficient (Wildman–Crippen LogP) is 10.3. The molecule has 1 saturated carbocycles. The molecule has 0 N–H and O–H groups in total. The van der Waals surface area contributed by atoms with Gasteiger partial charge in [0, 0.05) is 0 Å². The molecule has 0 aromatic heterocycles. The molecule has 0 heterocycles. The second-order valence-corrected chi connectivity index (χ2v) is 9.82. The van der Waals surface area contributed by atoms with Crippen molar-refractivity contribution in [2.75, 3.05) is 0 Å². The van der Waals surface area contributed by atoms with Crippen molar-refractivity contribution < 1.29 is 4.39 Å². The highest BCUT2D eigenvalue weighted by Gasteiger charge is 2.22. The van der Waals surface area contributed by atoms with E-state index in [2.05, 4.69) is 62.9 Å². The van der Waals surface area contributed by atoms with Crippen molar-refractivity contribution in [3.05, 3.63) is 95.4 Å². The van der Waals surface area contributed by atoms with Crippen LogP contribution < -0.4 is 0 Å². The lowest BCUT2D eigenvalue weighted by Crippen LogP contribution is -2.15. The van der Waals surface area contributed by atoms with Gasteiger partial charge in [-0.25, -0.2) is 4.39 Å². The zero-order valence-electron chi connectivity index (χ0n) is 22.0. The minimum absolute atomic E-state index is 0.0513. The summed E-state index contributed by atoms with van der Waals surface area (Å²) in [5.74, 6) is 1.55. The summed E-state index contributed by atoms with van der Waals surface area (Å²) in [6.07, 6.45) is 28.8. The number of benzene rings is 1.